The van der Waals surface area contributed by atoms with Gasteiger partial charge in [0.25, 0.3) is 0 Å². The lowest BCUT2D eigenvalue weighted by molar-refractivity contribution is -0.149. The Morgan fingerprint density at radius 2 is 2.03 bits per heavy atom. The van der Waals surface area contributed by atoms with Gasteiger partial charge < -0.3 is 9.84 Å². The van der Waals surface area contributed by atoms with Crippen LogP contribution in [0.25, 0.3) is 0 Å². The van der Waals surface area contributed by atoms with Gasteiger partial charge in [0, 0.05) is 25.2 Å². The molecule has 0 radical (unpaired) electrons. The number of fused-ring (bicyclic) bond motifs is 1. The Kier molecular flexibility index (Phi) is 5.43. The Labute approximate surface area is 166 Å². The van der Waals surface area contributed by atoms with Crippen molar-refractivity contribution in [2.75, 3.05) is 6.26 Å². The molecule has 0 bridgehead atoms. The molecule has 3 atom stereocenters. The molecular formula is C20H17F2NO5S. The van der Waals surface area contributed by atoms with Gasteiger partial charge in [-0.2, -0.15) is 5.26 Å². The van der Waals surface area contributed by atoms with Gasteiger partial charge in [-0.1, -0.05) is 6.07 Å². The Morgan fingerprint density at radius 1 is 1.34 bits per heavy atom. The van der Waals surface area contributed by atoms with E-state index in [1.165, 1.54) is 18.2 Å². The minimum Gasteiger partial charge on any atom is -0.454 e. The standard InChI is InChI=1S/C20H17F2NO5S/c1-10(24)28-20-16(22)8-15-14(3-4-17(18(15)20)29(2,26)27)19(25)12-5-11(9-23)6-13(21)7-12/h3-7,16,19-20,25H,8H2,1-2H3/t16-,19+,20-/m1/s1. The van der Waals surface area contributed by atoms with Crippen molar-refractivity contribution in [1.29, 1.82) is 5.26 Å². The van der Waals surface area contributed by atoms with E-state index >= 15 is 0 Å². The molecule has 9 heteroatoms. The second-order valence-corrected chi connectivity index (χ2v) is 8.84. The third kappa shape index (κ3) is 3.99. The van der Waals surface area contributed by atoms with E-state index in [0.717, 1.165) is 25.3 Å². The first-order valence-electron chi connectivity index (χ1n) is 8.58. The van der Waals surface area contributed by atoms with Gasteiger partial charge in [0.05, 0.1) is 16.5 Å². The van der Waals surface area contributed by atoms with Crippen LogP contribution in [0.15, 0.2) is 35.2 Å². The summed E-state index contributed by atoms with van der Waals surface area (Å²) in [6.07, 6.45) is -3.92. The zero-order chi connectivity index (χ0) is 21.5. The van der Waals surface area contributed by atoms with E-state index in [9.17, 15) is 27.1 Å². The number of carbonyl (C=O) groups excluding carboxylic acids is 1. The lowest BCUT2D eigenvalue weighted by atomic mass is 9.93. The lowest BCUT2D eigenvalue weighted by Gasteiger charge is -2.20. The quantitative estimate of drug-likeness (QED) is 0.761. The van der Waals surface area contributed by atoms with Crippen molar-refractivity contribution >= 4 is 15.8 Å². The van der Waals surface area contributed by atoms with Gasteiger partial charge in [-0.05, 0) is 41.0 Å². The molecule has 0 saturated heterocycles. The van der Waals surface area contributed by atoms with E-state index in [1.807, 2.05) is 0 Å². The molecule has 0 spiro atoms. The SMILES string of the molecule is CC(=O)O[C@H]1c2c(S(C)(=O)=O)ccc([C@@H](O)c3cc(F)cc(C#N)c3)c2C[C@H]1F. The van der Waals surface area contributed by atoms with Crippen LogP contribution in [0.4, 0.5) is 8.78 Å². The zero-order valence-corrected chi connectivity index (χ0v) is 16.3. The van der Waals surface area contributed by atoms with Crippen molar-refractivity contribution in [2.24, 2.45) is 0 Å². The van der Waals surface area contributed by atoms with Crippen LogP contribution < -0.4 is 0 Å². The number of carbonyl (C=O) groups is 1. The number of nitrogens with zero attached hydrogens (tertiary/aromatic N) is 1. The molecular weight excluding hydrogens is 404 g/mol. The molecule has 29 heavy (non-hydrogen) atoms. The summed E-state index contributed by atoms with van der Waals surface area (Å²) < 4.78 is 57.9. The number of alkyl halides is 1. The number of aliphatic hydroxyl groups is 1. The predicted octanol–water partition coefficient (Wildman–Crippen LogP) is 2.68. The lowest BCUT2D eigenvalue weighted by Crippen LogP contribution is -2.17. The van der Waals surface area contributed by atoms with Gasteiger partial charge in [0.1, 0.15) is 18.1 Å². The normalized spacial score (nSPS) is 19.3. The number of benzene rings is 2. The number of aliphatic hydroxyl groups excluding tert-OH is 1. The molecule has 1 aliphatic carbocycles. The first-order valence-corrected chi connectivity index (χ1v) is 10.5. The van der Waals surface area contributed by atoms with Crippen molar-refractivity contribution in [1.82, 2.24) is 0 Å². The summed E-state index contributed by atoms with van der Waals surface area (Å²) in [6.45, 7) is 1.08. The second kappa shape index (κ2) is 7.54. The second-order valence-electron chi connectivity index (χ2n) is 6.86. The minimum atomic E-state index is -3.79. The van der Waals surface area contributed by atoms with Gasteiger partial charge in [-0.3, -0.25) is 4.79 Å². The van der Waals surface area contributed by atoms with Crippen LogP contribution in [-0.2, 0) is 25.8 Å². The average Bonchev–Trinajstić information content (AvgIpc) is 2.94. The van der Waals surface area contributed by atoms with Crippen LogP contribution in [0, 0.1) is 17.1 Å². The van der Waals surface area contributed by atoms with E-state index in [0.29, 0.717) is 0 Å². The first kappa shape index (κ1) is 20.9. The van der Waals surface area contributed by atoms with Crippen LogP contribution in [-0.4, -0.2) is 31.9 Å². The molecule has 152 valence electrons. The molecule has 1 N–H and O–H groups in total. The fraction of sp³-hybridized carbons (Fsp3) is 0.300. The maximum Gasteiger partial charge on any atom is 0.303 e. The Bertz CT molecular complexity index is 1140. The molecule has 6 nitrogen and oxygen atoms in total. The molecule has 2 aromatic rings. The molecule has 1 aliphatic rings. The fourth-order valence-electron chi connectivity index (χ4n) is 3.59. The van der Waals surface area contributed by atoms with Crippen molar-refractivity contribution in [3.05, 3.63) is 64.0 Å². The molecule has 0 aliphatic heterocycles. The summed E-state index contributed by atoms with van der Waals surface area (Å²) in [5.74, 6) is -1.51. The molecule has 2 aromatic carbocycles. The molecule has 0 aromatic heterocycles. The van der Waals surface area contributed by atoms with Crippen LogP contribution in [0.3, 0.4) is 0 Å². The van der Waals surface area contributed by atoms with E-state index in [-0.39, 0.29) is 39.1 Å². The van der Waals surface area contributed by atoms with Crippen LogP contribution in [0.5, 0.6) is 0 Å². The number of hydrogen-bond donors (Lipinski definition) is 1. The highest BCUT2D eigenvalue weighted by molar-refractivity contribution is 7.90. The predicted molar refractivity (Wildman–Crippen MR) is 97.8 cm³/mol. The van der Waals surface area contributed by atoms with Crippen molar-refractivity contribution in [3.8, 4) is 6.07 Å². The monoisotopic (exact) mass is 421 g/mol. The summed E-state index contributed by atoms with van der Waals surface area (Å²) in [5.41, 5.74) is 0.358. The maximum absolute atomic E-state index is 14.7. The summed E-state index contributed by atoms with van der Waals surface area (Å²) in [7, 11) is -3.79. The van der Waals surface area contributed by atoms with Crippen LogP contribution >= 0.6 is 0 Å². The number of nitriles is 1. The zero-order valence-electron chi connectivity index (χ0n) is 15.5. The van der Waals surface area contributed by atoms with E-state index in [2.05, 4.69) is 0 Å². The van der Waals surface area contributed by atoms with E-state index in [1.54, 1.807) is 6.07 Å². The Hall–Kier alpha value is -2.83. The molecule has 0 heterocycles. The number of ether oxygens (including phenoxy) is 1. The maximum atomic E-state index is 14.7. The summed E-state index contributed by atoms with van der Waals surface area (Å²) in [4.78, 5) is 11.2. The number of esters is 1. The van der Waals surface area contributed by atoms with Crippen LogP contribution in [0.2, 0.25) is 0 Å². The fourth-order valence-corrected chi connectivity index (χ4v) is 4.54. The Morgan fingerprint density at radius 3 is 2.62 bits per heavy atom. The Balaban J connectivity index is 2.21. The van der Waals surface area contributed by atoms with E-state index in [4.69, 9.17) is 10.00 Å². The molecule has 0 fully saturated rings. The topological polar surface area (TPSA) is 104 Å². The smallest absolute Gasteiger partial charge is 0.303 e. The highest BCUT2D eigenvalue weighted by Crippen LogP contribution is 2.44. The third-order valence-corrected chi connectivity index (χ3v) is 5.87. The molecule has 0 amide bonds. The molecule has 3 rings (SSSR count). The van der Waals surface area contributed by atoms with Gasteiger partial charge in [0.2, 0.25) is 0 Å². The van der Waals surface area contributed by atoms with Gasteiger partial charge in [-0.25, -0.2) is 17.2 Å². The largest absolute Gasteiger partial charge is 0.454 e. The highest BCUT2D eigenvalue weighted by Gasteiger charge is 2.41. The summed E-state index contributed by atoms with van der Waals surface area (Å²) >= 11 is 0. The first-order chi connectivity index (χ1) is 13.5. The van der Waals surface area contributed by atoms with Gasteiger partial charge >= 0.3 is 5.97 Å². The average molecular weight is 421 g/mol. The minimum absolute atomic E-state index is 0.00962. The molecule has 0 saturated carbocycles. The summed E-state index contributed by atoms with van der Waals surface area (Å²) in [6, 6.07) is 7.63. The van der Waals surface area contributed by atoms with Crippen molar-refractivity contribution < 1.29 is 31.8 Å². The number of rotatable bonds is 4. The number of hydrogen-bond acceptors (Lipinski definition) is 6. The van der Waals surface area contributed by atoms with Gasteiger partial charge in [-0.15, -0.1) is 0 Å². The van der Waals surface area contributed by atoms with Gasteiger partial charge in [0.15, 0.2) is 15.9 Å². The number of sulfone groups is 1. The molecule has 0 unspecified atom stereocenters. The van der Waals surface area contributed by atoms with Crippen LogP contribution in [0.1, 0.15) is 46.9 Å². The van der Waals surface area contributed by atoms with Crippen molar-refractivity contribution in [3.63, 3.8) is 0 Å². The highest BCUT2D eigenvalue weighted by atomic mass is 32.2. The van der Waals surface area contributed by atoms with Crippen molar-refractivity contribution in [2.45, 2.75) is 36.6 Å². The van der Waals surface area contributed by atoms with E-state index < -0.39 is 40.0 Å². The summed E-state index contributed by atoms with van der Waals surface area (Å²) in [5, 5.41) is 19.8. The third-order valence-electron chi connectivity index (χ3n) is 4.72. The number of halogens is 2.